The lowest BCUT2D eigenvalue weighted by Gasteiger charge is -2.36. The summed E-state index contributed by atoms with van der Waals surface area (Å²) in [5.41, 5.74) is 8.15. The lowest BCUT2D eigenvalue weighted by Crippen LogP contribution is -2.43. The molecule has 92 valence electrons. The van der Waals surface area contributed by atoms with Gasteiger partial charge in [0.1, 0.15) is 0 Å². The van der Waals surface area contributed by atoms with E-state index in [2.05, 4.69) is 36.9 Å². The molecule has 0 amide bonds. The average molecular weight is 229 g/mol. The zero-order valence-corrected chi connectivity index (χ0v) is 10.6. The van der Waals surface area contributed by atoms with E-state index >= 15 is 0 Å². The number of nitrogens with two attached hydrogens (primary N) is 1. The third-order valence-electron chi connectivity index (χ3n) is 4.24. The van der Waals surface area contributed by atoms with Gasteiger partial charge in [-0.15, -0.1) is 6.58 Å². The Kier molecular flexibility index (Phi) is 4.01. The van der Waals surface area contributed by atoms with Crippen LogP contribution in [0.2, 0.25) is 0 Å². The first-order chi connectivity index (χ1) is 8.29. The van der Waals surface area contributed by atoms with E-state index in [1.807, 2.05) is 6.08 Å². The molecule has 0 spiro atoms. The van der Waals surface area contributed by atoms with Crippen molar-refractivity contribution in [3.05, 3.63) is 48.6 Å². The third kappa shape index (κ3) is 2.44. The van der Waals surface area contributed by atoms with Crippen molar-refractivity contribution in [2.75, 3.05) is 0 Å². The van der Waals surface area contributed by atoms with Gasteiger partial charge >= 0.3 is 0 Å². The number of hydrogen-bond acceptors (Lipinski definition) is 1. The van der Waals surface area contributed by atoms with Crippen LogP contribution >= 0.6 is 0 Å². The quantitative estimate of drug-likeness (QED) is 0.764. The van der Waals surface area contributed by atoms with Gasteiger partial charge in [-0.05, 0) is 31.2 Å². The minimum Gasteiger partial charge on any atom is -0.327 e. The van der Waals surface area contributed by atoms with Crippen LogP contribution in [0, 0.1) is 0 Å². The molecule has 1 atom stereocenters. The number of allylic oxidation sites excluding steroid dienone is 1. The zero-order valence-electron chi connectivity index (χ0n) is 10.6. The van der Waals surface area contributed by atoms with Gasteiger partial charge in [-0.3, -0.25) is 0 Å². The molecule has 1 aliphatic carbocycles. The highest BCUT2D eigenvalue weighted by molar-refractivity contribution is 5.29. The van der Waals surface area contributed by atoms with Crippen molar-refractivity contribution in [3.8, 4) is 0 Å². The van der Waals surface area contributed by atoms with E-state index in [1.165, 1.54) is 31.2 Å². The summed E-state index contributed by atoms with van der Waals surface area (Å²) in [6.45, 7) is 3.80. The van der Waals surface area contributed by atoms with Gasteiger partial charge in [0.15, 0.2) is 0 Å². The van der Waals surface area contributed by atoms with Crippen LogP contribution < -0.4 is 5.73 Å². The molecule has 0 aromatic heterocycles. The van der Waals surface area contributed by atoms with E-state index in [0.717, 1.165) is 12.8 Å². The fourth-order valence-corrected chi connectivity index (χ4v) is 3.22. The predicted octanol–water partition coefficient (Wildman–Crippen LogP) is 3.79. The van der Waals surface area contributed by atoms with Crippen LogP contribution in [0.25, 0.3) is 0 Å². The van der Waals surface area contributed by atoms with Crippen molar-refractivity contribution < 1.29 is 0 Å². The van der Waals surface area contributed by atoms with Crippen LogP contribution in [-0.2, 0) is 5.41 Å². The largest absolute Gasteiger partial charge is 0.327 e. The Morgan fingerprint density at radius 3 is 2.47 bits per heavy atom. The molecule has 1 heteroatoms. The molecule has 1 aromatic rings. The lowest BCUT2D eigenvalue weighted by molar-refractivity contribution is 0.335. The molecule has 17 heavy (non-hydrogen) atoms. The molecular weight excluding hydrogens is 206 g/mol. The number of rotatable bonds is 5. The Morgan fingerprint density at radius 1 is 1.24 bits per heavy atom. The second kappa shape index (κ2) is 5.50. The monoisotopic (exact) mass is 229 g/mol. The first-order valence-electron chi connectivity index (χ1n) is 6.71. The molecule has 0 heterocycles. The molecule has 1 unspecified atom stereocenters. The fraction of sp³-hybridized carbons (Fsp3) is 0.500. The molecule has 1 fully saturated rings. The first kappa shape index (κ1) is 12.4. The van der Waals surface area contributed by atoms with Crippen LogP contribution in [0.15, 0.2) is 43.0 Å². The molecule has 2 rings (SSSR count). The van der Waals surface area contributed by atoms with Crippen molar-refractivity contribution in [2.45, 2.75) is 50.0 Å². The summed E-state index contributed by atoms with van der Waals surface area (Å²) in [6.07, 6.45) is 9.18. The highest BCUT2D eigenvalue weighted by Gasteiger charge is 2.40. The second-order valence-corrected chi connectivity index (χ2v) is 5.20. The van der Waals surface area contributed by atoms with Gasteiger partial charge in [0.25, 0.3) is 0 Å². The maximum absolute atomic E-state index is 6.48. The minimum atomic E-state index is 0.226. The maximum Gasteiger partial charge on any atom is 0.0139 e. The van der Waals surface area contributed by atoms with Crippen LogP contribution in [0.1, 0.15) is 44.1 Å². The van der Waals surface area contributed by atoms with E-state index in [1.54, 1.807) is 0 Å². The second-order valence-electron chi connectivity index (χ2n) is 5.20. The van der Waals surface area contributed by atoms with Crippen LogP contribution in [0.5, 0.6) is 0 Å². The standard InChI is InChI=1S/C16H23N/c1-2-3-11-15(17)16(12-7-8-13-16)14-9-5-4-6-10-14/h2,4-6,9-10,15H,1,3,7-8,11-13,17H2. The fourth-order valence-electron chi connectivity index (χ4n) is 3.22. The Labute approximate surface area is 105 Å². The summed E-state index contributed by atoms with van der Waals surface area (Å²) in [5.74, 6) is 0. The topological polar surface area (TPSA) is 26.0 Å². The molecule has 0 radical (unpaired) electrons. The highest BCUT2D eigenvalue weighted by Crippen LogP contribution is 2.44. The maximum atomic E-state index is 6.48. The first-order valence-corrected chi connectivity index (χ1v) is 6.71. The van der Waals surface area contributed by atoms with Gasteiger partial charge in [0.05, 0.1) is 0 Å². The molecule has 2 N–H and O–H groups in total. The lowest BCUT2D eigenvalue weighted by atomic mass is 9.71. The Morgan fingerprint density at radius 2 is 1.88 bits per heavy atom. The Balaban J connectivity index is 2.23. The molecule has 1 nitrogen and oxygen atoms in total. The smallest absolute Gasteiger partial charge is 0.0139 e. The Bertz CT molecular complexity index is 349. The number of benzene rings is 1. The molecular formula is C16H23N. The van der Waals surface area contributed by atoms with E-state index in [0.29, 0.717) is 0 Å². The van der Waals surface area contributed by atoms with E-state index in [9.17, 15) is 0 Å². The summed E-state index contributed by atoms with van der Waals surface area (Å²) in [4.78, 5) is 0. The molecule has 1 saturated carbocycles. The molecule has 1 aliphatic rings. The van der Waals surface area contributed by atoms with Gasteiger partial charge in [-0.2, -0.15) is 0 Å². The van der Waals surface area contributed by atoms with Crippen molar-refractivity contribution in [3.63, 3.8) is 0 Å². The third-order valence-corrected chi connectivity index (χ3v) is 4.24. The van der Waals surface area contributed by atoms with E-state index in [-0.39, 0.29) is 11.5 Å². The van der Waals surface area contributed by atoms with E-state index in [4.69, 9.17) is 5.73 Å². The SMILES string of the molecule is C=CCCC(N)C1(c2ccccc2)CCCC1. The van der Waals surface area contributed by atoms with Crippen molar-refractivity contribution in [1.82, 2.24) is 0 Å². The van der Waals surface area contributed by atoms with Crippen molar-refractivity contribution >= 4 is 0 Å². The van der Waals surface area contributed by atoms with Crippen LogP contribution in [-0.4, -0.2) is 6.04 Å². The summed E-state index contributed by atoms with van der Waals surface area (Å²) < 4.78 is 0. The van der Waals surface area contributed by atoms with Crippen molar-refractivity contribution in [2.24, 2.45) is 5.73 Å². The van der Waals surface area contributed by atoms with Gasteiger partial charge in [0, 0.05) is 11.5 Å². The van der Waals surface area contributed by atoms with Gasteiger partial charge in [-0.1, -0.05) is 49.2 Å². The summed E-state index contributed by atoms with van der Waals surface area (Å²) in [7, 11) is 0. The van der Waals surface area contributed by atoms with Crippen LogP contribution in [0.4, 0.5) is 0 Å². The van der Waals surface area contributed by atoms with Gasteiger partial charge in [-0.25, -0.2) is 0 Å². The molecule has 0 aliphatic heterocycles. The predicted molar refractivity (Wildman–Crippen MR) is 74.0 cm³/mol. The van der Waals surface area contributed by atoms with Gasteiger partial charge < -0.3 is 5.73 Å². The summed E-state index contributed by atoms with van der Waals surface area (Å²) >= 11 is 0. The highest BCUT2D eigenvalue weighted by atomic mass is 14.7. The zero-order chi connectivity index (χ0) is 12.1. The molecule has 1 aromatic carbocycles. The minimum absolute atomic E-state index is 0.226. The van der Waals surface area contributed by atoms with E-state index < -0.39 is 0 Å². The van der Waals surface area contributed by atoms with Crippen LogP contribution in [0.3, 0.4) is 0 Å². The Hall–Kier alpha value is -1.08. The van der Waals surface area contributed by atoms with Gasteiger partial charge in [0.2, 0.25) is 0 Å². The number of hydrogen-bond donors (Lipinski definition) is 1. The normalized spacial score (nSPS) is 20.1. The summed E-state index contributed by atoms with van der Waals surface area (Å²) in [5, 5.41) is 0. The average Bonchev–Trinajstić information content (AvgIpc) is 2.87. The molecule has 0 saturated heterocycles. The van der Waals surface area contributed by atoms with Crippen molar-refractivity contribution in [1.29, 1.82) is 0 Å². The molecule has 0 bridgehead atoms. The summed E-state index contributed by atoms with van der Waals surface area (Å²) in [6, 6.07) is 11.1.